The van der Waals surface area contributed by atoms with Crippen molar-refractivity contribution in [3.63, 3.8) is 0 Å². The Balaban J connectivity index is 2.09. The molecule has 1 aromatic carbocycles. The minimum Gasteiger partial charge on any atom is -0.467 e. The van der Waals surface area contributed by atoms with Crippen molar-refractivity contribution in [1.29, 1.82) is 0 Å². The minimum absolute atomic E-state index is 0.113. The summed E-state index contributed by atoms with van der Waals surface area (Å²) in [6.07, 6.45) is 0. The zero-order valence-electron chi connectivity index (χ0n) is 13.5. The Labute approximate surface area is 140 Å². The van der Waals surface area contributed by atoms with E-state index in [4.69, 9.17) is 4.74 Å². The number of carbonyl (C=O) groups excluding carboxylic acids is 2. The van der Waals surface area contributed by atoms with Gasteiger partial charge in [-0.3, -0.25) is 4.79 Å². The second-order valence-corrected chi connectivity index (χ2v) is 7.20. The third-order valence-electron chi connectivity index (χ3n) is 3.63. The Kier molecular flexibility index (Phi) is 5.92. The number of benzene rings is 1. The van der Waals surface area contributed by atoms with E-state index in [1.165, 1.54) is 42.6 Å². The van der Waals surface area contributed by atoms with Crippen molar-refractivity contribution in [2.75, 3.05) is 33.4 Å². The molecule has 1 atom stereocenters. The number of methoxy groups -OCH3 is 1. The van der Waals surface area contributed by atoms with Gasteiger partial charge in [0, 0.05) is 18.7 Å². The van der Waals surface area contributed by atoms with Gasteiger partial charge in [-0.2, -0.15) is 4.31 Å². The maximum absolute atomic E-state index is 12.5. The van der Waals surface area contributed by atoms with E-state index in [1.54, 1.807) is 0 Å². The molecule has 8 nitrogen and oxygen atoms in total. The highest BCUT2D eigenvalue weighted by Crippen LogP contribution is 2.17. The SMILES string of the molecule is COC(=O)[C@H](C)NC(=O)c1ccc(S(=O)(=O)N2CCOCC2)cc1. The van der Waals surface area contributed by atoms with Crippen LogP contribution in [-0.2, 0) is 24.3 Å². The average Bonchev–Trinajstić information content (AvgIpc) is 2.61. The lowest BCUT2D eigenvalue weighted by atomic mass is 10.2. The van der Waals surface area contributed by atoms with Gasteiger partial charge >= 0.3 is 5.97 Å². The first-order valence-electron chi connectivity index (χ1n) is 7.43. The highest BCUT2D eigenvalue weighted by atomic mass is 32.2. The van der Waals surface area contributed by atoms with E-state index in [0.717, 1.165) is 0 Å². The minimum atomic E-state index is -3.60. The van der Waals surface area contributed by atoms with Crippen LogP contribution < -0.4 is 5.32 Å². The van der Waals surface area contributed by atoms with Gasteiger partial charge in [-0.25, -0.2) is 13.2 Å². The zero-order valence-corrected chi connectivity index (χ0v) is 14.3. The summed E-state index contributed by atoms with van der Waals surface area (Å²) in [4.78, 5) is 23.5. The predicted octanol–water partition coefficient (Wildman–Crippen LogP) is -0.00120. The molecule has 1 N–H and O–H groups in total. The van der Waals surface area contributed by atoms with Crippen LogP contribution in [0.3, 0.4) is 0 Å². The smallest absolute Gasteiger partial charge is 0.328 e. The van der Waals surface area contributed by atoms with Gasteiger partial charge in [0.15, 0.2) is 0 Å². The number of amides is 1. The molecule has 0 saturated carbocycles. The van der Waals surface area contributed by atoms with Gasteiger partial charge in [-0.05, 0) is 31.2 Å². The largest absolute Gasteiger partial charge is 0.467 e. The van der Waals surface area contributed by atoms with Gasteiger partial charge in [-0.1, -0.05) is 0 Å². The zero-order chi connectivity index (χ0) is 17.7. The summed E-state index contributed by atoms with van der Waals surface area (Å²) in [7, 11) is -2.37. The molecule has 0 aromatic heterocycles. The van der Waals surface area contributed by atoms with Crippen molar-refractivity contribution in [2.24, 2.45) is 0 Å². The van der Waals surface area contributed by atoms with Crippen molar-refractivity contribution >= 4 is 21.9 Å². The van der Waals surface area contributed by atoms with Crippen molar-refractivity contribution in [3.8, 4) is 0 Å². The van der Waals surface area contributed by atoms with Gasteiger partial charge in [0.1, 0.15) is 6.04 Å². The third-order valence-corrected chi connectivity index (χ3v) is 5.54. The molecule has 2 rings (SSSR count). The second kappa shape index (κ2) is 7.73. The summed E-state index contributed by atoms with van der Waals surface area (Å²) in [6, 6.07) is 4.78. The molecule has 0 unspecified atom stereocenters. The van der Waals surface area contributed by atoms with Crippen LogP contribution in [0.25, 0.3) is 0 Å². The molecule has 1 fully saturated rings. The molecule has 1 aromatic rings. The van der Waals surface area contributed by atoms with E-state index < -0.39 is 27.9 Å². The van der Waals surface area contributed by atoms with Crippen LogP contribution in [0.2, 0.25) is 0 Å². The van der Waals surface area contributed by atoms with E-state index in [2.05, 4.69) is 10.1 Å². The lowest BCUT2D eigenvalue weighted by Crippen LogP contribution is -2.40. The topological polar surface area (TPSA) is 102 Å². The predicted molar refractivity (Wildman–Crippen MR) is 85.0 cm³/mol. The van der Waals surface area contributed by atoms with E-state index in [1.807, 2.05) is 0 Å². The number of ether oxygens (including phenoxy) is 2. The number of sulfonamides is 1. The number of morpholine rings is 1. The van der Waals surface area contributed by atoms with Crippen molar-refractivity contribution in [3.05, 3.63) is 29.8 Å². The molecule has 132 valence electrons. The Morgan fingerprint density at radius 3 is 2.33 bits per heavy atom. The number of rotatable bonds is 5. The van der Waals surface area contributed by atoms with Crippen molar-refractivity contribution in [2.45, 2.75) is 17.9 Å². The number of hydrogen-bond acceptors (Lipinski definition) is 6. The van der Waals surface area contributed by atoms with E-state index in [9.17, 15) is 18.0 Å². The molecule has 1 aliphatic rings. The van der Waals surface area contributed by atoms with Crippen LogP contribution in [0.1, 0.15) is 17.3 Å². The van der Waals surface area contributed by atoms with Crippen LogP contribution in [-0.4, -0.2) is 64.1 Å². The standard InChI is InChI=1S/C15H20N2O6S/c1-11(15(19)22-2)16-14(18)12-3-5-13(6-4-12)24(20,21)17-7-9-23-10-8-17/h3-6,11H,7-10H2,1-2H3,(H,16,18)/t11-/m0/s1. The summed E-state index contributed by atoms with van der Waals surface area (Å²) in [5, 5.41) is 2.48. The molecule has 1 heterocycles. The van der Waals surface area contributed by atoms with Crippen molar-refractivity contribution in [1.82, 2.24) is 9.62 Å². The molecule has 1 saturated heterocycles. The van der Waals surface area contributed by atoms with Gasteiger partial charge in [0.05, 0.1) is 25.2 Å². The van der Waals surface area contributed by atoms with Crippen LogP contribution in [0, 0.1) is 0 Å². The summed E-state index contributed by atoms with van der Waals surface area (Å²) in [5.74, 6) is -1.04. The third kappa shape index (κ3) is 4.11. The first-order valence-corrected chi connectivity index (χ1v) is 8.87. The second-order valence-electron chi connectivity index (χ2n) is 5.26. The van der Waals surface area contributed by atoms with E-state index >= 15 is 0 Å². The fraction of sp³-hybridized carbons (Fsp3) is 0.467. The first kappa shape index (κ1) is 18.4. The lowest BCUT2D eigenvalue weighted by Gasteiger charge is -2.26. The molecule has 0 radical (unpaired) electrons. The van der Waals surface area contributed by atoms with Gasteiger partial charge < -0.3 is 14.8 Å². The highest BCUT2D eigenvalue weighted by Gasteiger charge is 2.26. The fourth-order valence-corrected chi connectivity index (χ4v) is 3.64. The van der Waals surface area contributed by atoms with E-state index in [-0.39, 0.29) is 10.5 Å². The van der Waals surface area contributed by atoms with Gasteiger partial charge in [0.25, 0.3) is 5.91 Å². The van der Waals surface area contributed by atoms with Gasteiger partial charge in [-0.15, -0.1) is 0 Å². The Morgan fingerprint density at radius 1 is 1.21 bits per heavy atom. The van der Waals surface area contributed by atoms with Crippen LogP contribution in [0.4, 0.5) is 0 Å². The summed E-state index contributed by atoms with van der Waals surface area (Å²) in [5.41, 5.74) is 0.256. The maximum atomic E-state index is 12.5. The molecule has 1 amide bonds. The average molecular weight is 356 g/mol. The summed E-state index contributed by atoms with van der Waals surface area (Å²) < 4.78 is 36.0. The molecule has 0 spiro atoms. The fourth-order valence-electron chi connectivity index (χ4n) is 2.23. The molecule has 0 bridgehead atoms. The molecular formula is C15H20N2O6S. The number of hydrogen-bond donors (Lipinski definition) is 1. The Bertz CT molecular complexity index is 695. The number of nitrogens with one attached hydrogen (secondary N) is 1. The van der Waals surface area contributed by atoms with Gasteiger partial charge in [0.2, 0.25) is 10.0 Å². The normalized spacial score (nSPS) is 17.1. The molecule has 9 heteroatoms. The van der Waals surface area contributed by atoms with Crippen LogP contribution in [0.15, 0.2) is 29.2 Å². The monoisotopic (exact) mass is 356 g/mol. The first-order chi connectivity index (χ1) is 11.4. The number of esters is 1. The maximum Gasteiger partial charge on any atom is 0.328 e. The summed E-state index contributed by atoms with van der Waals surface area (Å²) >= 11 is 0. The van der Waals surface area contributed by atoms with Crippen molar-refractivity contribution < 1.29 is 27.5 Å². The number of nitrogens with zero attached hydrogens (tertiary/aromatic N) is 1. The molecule has 0 aliphatic carbocycles. The lowest BCUT2D eigenvalue weighted by molar-refractivity contribution is -0.142. The molecule has 1 aliphatic heterocycles. The highest BCUT2D eigenvalue weighted by molar-refractivity contribution is 7.89. The number of carbonyl (C=O) groups is 2. The Morgan fingerprint density at radius 2 is 1.79 bits per heavy atom. The van der Waals surface area contributed by atoms with Crippen LogP contribution in [0.5, 0.6) is 0 Å². The molecular weight excluding hydrogens is 336 g/mol. The van der Waals surface area contributed by atoms with E-state index in [0.29, 0.717) is 26.3 Å². The molecule has 24 heavy (non-hydrogen) atoms. The van der Waals surface area contributed by atoms with Crippen LogP contribution >= 0.6 is 0 Å². The quantitative estimate of drug-likeness (QED) is 0.745. The Hall–Kier alpha value is -1.97. The summed E-state index contributed by atoms with van der Waals surface area (Å²) in [6.45, 7) is 2.85.